The van der Waals surface area contributed by atoms with Crippen molar-refractivity contribution in [3.8, 4) is 0 Å². The number of aliphatic hydroxyl groups is 1. The van der Waals surface area contributed by atoms with E-state index in [-0.39, 0.29) is 18.1 Å². The highest BCUT2D eigenvalue weighted by Crippen LogP contribution is 2.63. The molecule has 2 unspecified atom stereocenters. The summed E-state index contributed by atoms with van der Waals surface area (Å²) in [5, 5.41) is 10.9. The number of carbonyl (C=O) groups is 4. The molecule has 37 heavy (non-hydrogen) atoms. The molecule has 1 saturated heterocycles. The molecule has 0 aromatic heterocycles. The first kappa shape index (κ1) is 27.5. The maximum absolute atomic E-state index is 14.0. The number of fused-ring (bicyclic) bond motifs is 4. The highest BCUT2D eigenvalue weighted by Gasteiger charge is 2.67. The molecule has 0 aromatic carbocycles. The minimum atomic E-state index is -1.17. The largest absolute Gasteiger partial charge is 0.458 e. The Morgan fingerprint density at radius 1 is 1.24 bits per heavy atom. The Balaban J connectivity index is 1.96. The van der Waals surface area contributed by atoms with Gasteiger partial charge in [0, 0.05) is 50.2 Å². The summed E-state index contributed by atoms with van der Waals surface area (Å²) in [6.07, 6.45) is 2.39. The molecule has 9 nitrogen and oxygen atoms in total. The van der Waals surface area contributed by atoms with E-state index in [9.17, 15) is 24.3 Å². The monoisotopic (exact) mass is 517 g/mol. The number of ketones is 2. The van der Waals surface area contributed by atoms with Crippen LogP contribution in [0.5, 0.6) is 0 Å². The van der Waals surface area contributed by atoms with Gasteiger partial charge in [0.1, 0.15) is 12.2 Å². The Hall–Kier alpha value is -2.52. The average Bonchev–Trinajstić information content (AvgIpc) is 3.12. The fourth-order valence-electron chi connectivity index (χ4n) is 7.20. The molecule has 204 valence electrons. The third-order valence-electron chi connectivity index (χ3n) is 9.10. The van der Waals surface area contributed by atoms with Crippen molar-refractivity contribution in [2.45, 2.75) is 78.1 Å². The van der Waals surface area contributed by atoms with Crippen LogP contribution in [-0.4, -0.2) is 79.1 Å². The molecule has 0 amide bonds. The number of esters is 2. The first-order chi connectivity index (χ1) is 17.4. The van der Waals surface area contributed by atoms with Gasteiger partial charge in [-0.2, -0.15) is 0 Å². The van der Waals surface area contributed by atoms with Crippen molar-refractivity contribution in [1.82, 2.24) is 4.90 Å². The van der Waals surface area contributed by atoms with Gasteiger partial charge in [-0.15, -0.1) is 0 Å². The molecule has 1 aliphatic heterocycles. The zero-order chi connectivity index (χ0) is 27.3. The number of carbonyl (C=O) groups excluding carboxylic acids is 4. The molecular formula is C28H39NO8. The molecule has 1 N–H and O–H groups in total. The van der Waals surface area contributed by atoms with Gasteiger partial charge in [-0.05, 0) is 37.2 Å². The molecule has 4 rings (SSSR count). The van der Waals surface area contributed by atoms with Crippen molar-refractivity contribution < 1.29 is 38.5 Å². The fourth-order valence-corrected chi connectivity index (χ4v) is 7.20. The smallest absolute Gasteiger partial charge is 0.336 e. The summed E-state index contributed by atoms with van der Waals surface area (Å²) < 4.78 is 17.2. The number of allylic oxidation sites excluding steroid dienone is 1. The molecule has 4 aliphatic rings. The summed E-state index contributed by atoms with van der Waals surface area (Å²) in [4.78, 5) is 55.2. The van der Waals surface area contributed by atoms with E-state index in [1.807, 2.05) is 25.8 Å². The van der Waals surface area contributed by atoms with E-state index in [0.29, 0.717) is 37.0 Å². The predicted molar refractivity (Wildman–Crippen MR) is 133 cm³/mol. The number of cyclic esters (lactones) is 1. The summed E-state index contributed by atoms with van der Waals surface area (Å²) in [6, 6.07) is 0. The van der Waals surface area contributed by atoms with Gasteiger partial charge >= 0.3 is 11.9 Å². The highest BCUT2D eigenvalue weighted by molar-refractivity contribution is 6.47. The van der Waals surface area contributed by atoms with Gasteiger partial charge in [-0.25, -0.2) is 4.79 Å². The van der Waals surface area contributed by atoms with Crippen LogP contribution in [0.25, 0.3) is 0 Å². The molecule has 0 bridgehead atoms. The van der Waals surface area contributed by atoms with Gasteiger partial charge in [0.05, 0.1) is 24.2 Å². The van der Waals surface area contributed by atoms with E-state index in [1.54, 1.807) is 6.20 Å². The SMILES string of the molecule is CCCCN(C)C=C1C(=O)O[C@H](COC)[C@]2(C)C3=C(C(=O)C(=O)C12)C1CC[C@H](O)[C@@]1(C)C[C@H]3OC(C)=O. The minimum absolute atomic E-state index is 0.00724. The van der Waals surface area contributed by atoms with Crippen LogP contribution < -0.4 is 0 Å². The van der Waals surface area contributed by atoms with Crippen LogP contribution in [0.15, 0.2) is 22.9 Å². The number of methoxy groups -OCH3 is 1. The second kappa shape index (κ2) is 9.98. The Bertz CT molecular complexity index is 1060. The van der Waals surface area contributed by atoms with Crippen LogP contribution in [0.3, 0.4) is 0 Å². The Kier molecular flexibility index (Phi) is 7.42. The second-order valence-corrected chi connectivity index (χ2v) is 11.5. The molecule has 1 heterocycles. The number of unbranched alkanes of at least 4 members (excludes halogenated alkanes) is 1. The Morgan fingerprint density at radius 3 is 2.57 bits per heavy atom. The maximum atomic E-state index is 14.0. The van der Waals surface area contributed by atoms with Crippen molar-refractivity contribution in [3.63, 3.8) is 0 Å². The van der Waals surface area contributed by atoms with E-state index in [1.165, 1.54) is 14.0 Å². The van der Waals surface area contributed by atoms with Crippen molar-refractivity contribution in [2.24, 2.45) is 22.7 Å². The predicted octanol–water partition coefficient (Wildman–Crippen LogP) is 2.36. The van der Waals surface area contributed by atoms with Crippen LogP contribution in [-0.2, 0) is 33.4 Å². The zero-order valence-electron chi connectivity index (χ0n) is 22.7. The number of hydrogen-bond acceptors (Lipinski definition) is 9. The van der Waals surface area contributed by atoms with Crippen LogP contribution in [0, 0.1) is 22.7 Å². The summed E-state index contributed by atoms with van der Waals surface area (Å²) in [5.41, 5.74) is -0.918. The molecular weight excluding hydrogens is 478 g/mol. The molecule has 7 atom stereocenters. The van der Waals surface area contributed by atoms with Gasteiger partial charge in [-0.1, -0.05) is 27.2 Å². The molecule has 3 aliphatic carbocycles. The average molecular weight is 518 g/mol. The zero-order valence-corrected chi connectivity index (χ0v) is 22.7. The lowest BCUT2D eigenvalue weighted by Crippen LogP contribution is -2.63. The lowest BCUT2D eigenvalue weighted by atomic mass is 9.50. The van der Waals surface area contributed by atoms with Gasteiger partial charge < -0.3 is 24.2 Å². The van der Waals surface area contributed by atoms with Crippen LogP contribution >= 0.6 is 0 Å². The van der Waals surface area contributed by atoms with Crippen LogP contribution in [0.4, 0.5) is 0 Å². The first-order valence-corrected chi connectivity index (χ1v) is 13.2. The maximum Gasteiger partial charge on any atom is 0.336 e. The summed E-state index contributed by atoms with van der Waals surface area (Å²) in [6.45, 7) is 7.75. The van der Waals surface area contributed by atoms with Crippen molar-refractivity contribution in [1.29, 1.82) is 0 Å². The molecule has 0 radical (unpaired) electrons. The number of nitrogens with zero attached hydrogens (tertiary/aromatic N) is 1. The quantitative estimate of drug-likeness (QED) is 0.308. The Labute approximate surface area is 218 Å². The third kappa shape index (κ3) is 4.24. The van der Waals surface area contributed by atoms with E-state index >= 15 is 0 Å². The number of ether oxygens (including phenoxy) is 3. The van der Waals surface area contributed by atoms with Crippen LogP contribution in [0.2, 0.25) is 0 Å². The normalized spacial score (nSPS) is 38.2. The van der Waals surface area contributed by atoms with Crippen LogP contribution in [0.1, 0.15) is 59.8 Å². The minimum Gasteiger partial charge on any atom is -0.458 e. The second-order valence-electron chi connectivity index (χ2n) is 11.5. The summed E-state index contributed by atoms with van der Waals surface area (Å²) in [7, 11) is 3.30. The standard InChI is InChI=1S/C28H39NO8/c1-7-8-11-29(5)13-16-22-25(33)24(32)21-17-9-10-19(31)27(17,3)12-18(36-15(2)30)23(21)28(22,4)20(14-35-6)37-26(16)34/h13,17-20,22,31H,7-12,14H2,1-6H3/t17?,18-,19+,20-,22?,27+,28+/m1/s1. The lowest BCUT2D eigenvalue weighted by Gasteiger charge is -2.56. The molecule has 1 saturated carbocycles. The fraction of sp³-hybridized carbons (Fsp3) is 0.714. The third-order valence-corrected chi connectivity index (χ3v) is 9.10. The van der Waals surface area contributed by atoms with E-state index < -0.39 is 58.6 Å². The van der Waals surface area contributed by atoms with Gasteiger partial charge in [0.25, 0.3) is 0 Å². The highest BCUT2D eigenvalue weighted by atomic mass is 16.6. The molecule has 0 spiro atoms. The number of rotatable bonds is 7. The first-order valence-electron chi connectivity index (χ1n) is 13.2. The van der Waals surface area contributed by atoms with E-state index in [4.69, 9.17) is 14.2 Å². The lowest BCUT2D eigenvalue weighted by molar-refractivity contribution is -0.175. The number of Topliss-reactive ketones (excluding diaryl/α,β-unsaturated/α-hetero) is 2. The van der Waals surface area contributed by atoms with Crippen molar-refractivity contribution >= 4 is 23.5 Å². The van der Waals surface area contributed by atoms with Gasteiger partial charge in [-0.3, -0.25) is 14.4 Å². The molecule has 0 aromatic rings. The summed E-state index contributed by atoms with van der Waals surface area (Å²) in [5.74, 6) is -3.97. The van der Waals surface area contributed by atoms with Gasteiger partial charge in [0.2, 0.25) is 11.6 Å². The number of aliphatic hydroxyl groups excluding tert-OH is 1. The molecule has 9 heteroatoms. The molecule has 2 fully saturated rings. The van der Waals surface area contributed by atoms with E-state index in [0.717, 1.165) is 12.8 Å². The summed E-state index contributed by atoms with van der Waals surface area (Å²) >= 11 is 0. The number of hydrogen-bond donors (Lipinski definition) is 1. The topological polar surface area (TPSA) is 119 Å². The van der Waals surface area contributed by atoms with Crippen molar-refractivity contribution in [2.75, 3.05) is 27.3 Å². The van der Waals surface area contributed by atoms with Gasteiger partial charge in [0.15, 0.2) is 0 Å². The Morgan fingerprint density at radius 2 is 1.95 bits per heavy atom. The van der Waals surface area contributed by atoms with Crippen molar-refractivity contribution in [3.05, 3.63) is 22.9 Å². The van der Waals surface area contributed by atoms with E-state index in [2.05, 4.69) is 6.92 Å².